The first-order valence-electron chi connectivity index (χ1n) is 21.7. The summed E-state index contributed by atoms with van der Waals surface area (Å²) in [7, 11) is 0. The molecule has 4 aliphatic rings. The Kier molecular flexibility index (Phi) is 8.16. The number of aryl methyl sites for hydroxylation is 1. The van der Waals surface area contributed by atoms with Gasteiger partial charge < -0.3 is 19.0 Å². The molecular weight excluding hydrogens is 733 g/mol. The molecule has 8 aromatic rings. The molecule has 2 unspecified atom stereocenters. The molecule has 0 saturated carbocycles. The molecule has 0 saturated heterocycles. The summed E-state index contributed by atoms with van der Waals surface area (Å²) in [5.74, 6) is 1.22. The molecule has 0 spiro atoms. The first kappa shape index (κ1) is 35.2. The lowest BCUT2D eigenvalue weighted by Gasteiger charge is -2.33. The molecule has 12 rings (SSSR count). The lowest BCUT2D eigenvalue weighted by Crippen LogP contribution is -2.19. The van der Waals surface area contributed by atoms with E-state index >= 15 is 0 Å². The minimum atomic E-state index is 0.0518. The Morgan fingerprint density at radius 3 is 2.23 bits per heavy atom. The normalized spacial score (nSPS) is 18.0. The van der Waals surface area contributed by atoms with Crippen molar-refractivity contribution in [2.45, 2.75) is 64.4 Å². The van der Waals surface area contributed by atoms with Crippen LogP contribution in [0.5, 0.6) is 5.75 Å². The summed E-state index contributed by atoms with van der Waals surface area (Å²) in [5, 5.41) is 7.35. The zero-order valence-electron chi connectivity index (χ0n) is 34.1. The van der Waals surface area contributed by atoms with Crippen molar-refractivity contribution in [1.29, 1.82) is 0 Å². The molecule has 3 aliphatic carbocycles. The third-order valence-corrected chi connectivity index (χ3v) is 13.3. The van der Waals surface area contributed by atoms with Gasteiger partial charge >= 0.3 is 0 Å². The van der Waals surface area contributed by atoms with E-state index in [1.54, 1.807) is 0 Å². The molecule has 292 valence electrons. The van der Waals surface area contributed by atoms with E-state index < -0.39 is 0 Å². The summed E-state index contributed by atoms with van der Waals surface area (Å²) >= 11 is 0. The second kappa shape index (κ2) is 13.9. The predicted octanol–water partition coefficient (Wildman–Crippen LogP) is 15.6. The molecule has 0 bridgehead atoms. The topological polar surface area (TPSA) is 28.9 Å². The van der Waals surface area contributed by atoms with E-state index in [-0.39, 0.29) is 12.0 Å². The van der Waals surface area contributed by atoms with Crippen molar-refractivity contribution in [2.75, 3.05) is 9.80 Å². The summed E-state index contributed by atoms with van der Waals surface area (Å²) in [6.45, 7) is 4.34. The average molecular weight is 779 g/mol. The van der Waals surface area contributed by atoms with Crippen LogP contribution in [0.4, 0.5) is 28.4 Å². The lowest BCUT2D eigenvalue weighted by molar-refractivity contribution is 0.268. The molecule has 1 aromatic heterocycles. The quantitative estimate of drug-likeness (QED) is 0.157. The van der Waals surface area contributed by atoms with Gasteiger partial charge in [-0.15, -0.1) is 0 Å². The number of fused-ring (bicyclic) bond motifs is 11. The van der Waals surface area contributed by atoms with Gasteiger partial charge in [-0.2, -0.15) is 0 Å². The first-order valence-corrected chi connectivity index (χ1v) is 21.7. The van der Waals surface area contributed by atoms with Crippen molar-refractivity contribution in [3.05, 3.63) is 185 Å². The van der Waals surface area contributed by atoms with Crippen molar-refractivity contribution in [3.8, 4) is 5.75 Å². The number of anilines is 5. The van der Waals surface area contributed by atoms with Crippen LogP contribution in [0, 0.1) is 6.92 Å². The van der Waals surface area contributed by atoms with Gasteiger partial charge in [0.05, 0.1) is 11.4 Å². The van der Waals surface area contributed by atoms with Gasteiger partial charge in [0.2, 0.25) is 0 Å². The first-order chi connectivity index (χ1) is 29.6. The number of benzene rings is 7. The number of rotatable bonds is 6. The molecule has 60 heavy (non-hydrogen) atoms. The molecule has 0 amide bonds. The minimum absolute atomic E-state index is 0.0518. The molecule has 0 N–H and O–H groups in total. The predicted molar refractivity (Wildman–Crippen MR) is 251 cm³/mol. The SMILES string of the molecule is CC1=CC2c3cc(N(C4=CCCCC4)c4cc5c6c(c(N(c7ccccc7)c7ccc8oc9ccc(C)cc9c8c7)cc5c5ccccc45)CCC=C6)ccc3OC2C=C1. The van der Waals surface area contributed by atoms with Gasteiger partial charge in [-0.05, 0) is 159 Å². The van der Waals surface area contributed by atoms with Crippen molar-refractivity contribution < 1.29 is 9.15 Å². The number of ether oxygens (including phenoxy) is 1. The largest absolute Gasteiger partial charge is 0.485 e. The van der Waals surface area contributed by atoms with Crippen LogP contribution in [0.2, 0.25) is 0 Å². The van der Waals surface area contributed by atoms with Crippen LogP contribution < -0.4 is 14.5 Å². The van der Waals surface area contributed by atoms with Gasteiger partial charge in [-0.3, -0.25) is 0 Å². The van der Waals surface area contributed by atoms with Crippen molar-refractivity contribution in [1.82, 2.24) is 0 Å². The fourth-order valence-electron chi connectivity index (χ4n) is 10.4. The highest BCUT2D eigenvalue weighted by Gasteiger charge is 2.34. The fraction of sp³-hybridized carbons (Fsp3) is 0.179. The zero-order valence-corrected chi connectivity index (χ0v) is 34.1. The highest BCUT2D eigenvalue weighted by molar-refractivity contribution is 6.18. The van der Waals surface area contributed by atoms with E-state index in [0.29, 0.717) is 0 Å². The Balaban J connectivity index is 1.09. The van der Waals surface area contributed by atoms with Gasteiger partial charge in [-0.1, -0.05) is 90.0 Å². The lowest BCUT2D eigenvalue weighted by atomic mass is 9.87. The van der Waals surface area contributed by atoms with Gasteiger partial charge in [0.15, 0.2) is 0 Å². The smallest absolute Gasteiger partial charge is 0.135 e. The number of nitrogens with zero attached hydrogens (tertiary/aromatic N) is 2. The van der Waals surface area contributed by atoms with Gasteiger partial charge in [0, 0.05) is 50.4 Å². The summed E-state index contributed by atoms with van der Waals surface area (Å²) in [5.41, 5.74) is 15.6. The standard InChI is InChI=1S/C56H46N2O2/c1-35-21-25-53-47(29-35)49-31-39(23-27-55(49)59-53)57(37-13-5-3-6-14-37)51-33-45-42-18-10-12-20-44(42)52(34-46(45)41-17-9-11-19-43(41)51)58(38-15-7-4-8-16-38)40-24-28-56-50(32-40)48-30-36(2)22-26-54(48)60-56/h3,5-6,9-10,12-15,17-18,20-34,48,54H,4,7-8,11,16,19H2,1-2H3. The Bertz CT molecular complexity index is 3180. The van der Waals surface area contributed by atoms with Crippen LogP contribution >= 0.6 is 0 Å². The van der Waals surface area contributed by atoms with Gasteiger partial charge in [-0.25, -0.2) is 0 Å². The van der Waals surface area contributed by atoms with Crippen LogP contribution in [0.15, 0.2) is 167 Å². The zero-order chi connectivity index (χ0) is 39.9. The number of para-hydroxylation sites is 1. The summed E-state index contributed by atoms with van der Waals surface area (Å²) in [4.78, 5) is 5.06. The summed E-state index contributed by atoms with van der Waals surface area (Å²) < 4.78 is 12.8. The molecule has 4 heteroatoms. The molecule has 7 aromatic carbocycles. The van der Waals surface area contributed by atoms with E-state index in [1.807, 2.05) is 0 Å². The molecular formula is C56H46N2O2. The van der Waals surface area contributed by atoms with Crippen molar-refractivity contribution in [3.63, 3.8) is 0 Å². The molecule has 0 radical (unpaired) electrons. The maximum Gasteiger partial charge on any atom is 0.135 e. The molecule has 0 fully saturated rings. The van der Waals surface area contributed by atoms with Crippen molar-refractivity contribution >= 4 is 78.0 Å². The highest BCUT2D eigenvalue weighted by Crippen LogP contribution is 2.50. The van der Waals surface area contributed by atoms with E-state index in [4.69, 9.17) is 9.15 Å². The minimum Gasteiger partial charge on any atom is -0.485 e. The number of hydrogen-bond donors (Lipinski definition) is 0. The maximum atomic E-state index is 6.49. The number of furan rings is 1. The highest BCUT2D eigenvalue weighted by atomic mass is 16.5. The van der Waals surface area contributed by atoms with Crippen molar-refractivity contribution in [2.24, 2.45) is 0 Å². The Morgan fingerprint density at radius 2 is 1.37 bits per heavy atom. The molecule has 1 aliphatic heterocycles. The molecule has 2 atom stereocenters. The fourth-order valence-corrected chi connectivity index (χ4v) is 10.4. The summed E-state index contributed by atoms with van der Waals surface area (Å²) in [6, 6.07) is 45.0. The second-order valence-electron chi connectivity index (χ2n) is 17.1. The van der Waals surface area contributed by atoms with Gasteiger partial charge in [0.25, 0.3) is 0 Å². The molecule has 4 nitrogen and oxygen atoms in total. The Hall–Kier alpha value is -6.78. The van der Waals surface area contributed by atoms with Crippen LogP contribution in [0.3, 0.4) is 0 Å². The monoisotopic (exact) mass is 778 g/mol. The number of allylic oxidation sites excluding steroid dienone is 5. The van der Waals surface area contributed by atoms with Crippen LogP contribution in [0.1, 0.15) is 67.2 Å². The Morgan fingerprint density at radius 1 is 0.583 bits per heavy atom. The third-order valence-electron chi connectivity index (χ3n) is 13.3. The van der Waals surface area contributed by atoms with Crippen LogP contribution in [-0.4, -0.2) is 6.10 Å². The maximum absolute atomic E-state index is 6.49. The average Bonchev–Trinajstić information content (AvgIpc) is 3.84. The summed E-state index contributed by atoms with van der Waals surface area (Å²) in [6.07, 6.45) is 20.6. The van der Waals surface area contributed by atoms with Crippen LogP contribution in [0.25, 0.3) is 49.6 Å². The third kappa shape index (κ3) is 5.65. The van der Waals surface area contributed by atoms with E-state index in [0.717, 1.165) is 64.7 Å². The van der Waals surface area contributed by atoms with E-state index in [9.17, 15) is 0 Å². The Labute approximate surface area is 351 Å². The van der Waals surface area contributed by atoms with E-state index in [1.165, 1.54) is 85.0 Å². The van der Waals surface area contributed by atoms with Gasteiger partial charge in [0.1, 0.15) is 23.0 Å². The second-order valence-corrected chi connectivity index (χ2v) is 17.1. The van der Waals surface area contributed by atoms with Crippen LogP contribution in [-0.2, 0) is 6.42 Å². The number of hydrogen-bond acceptors (Lipinski definition) is 4. The van der Waals surface area contributed by atoms with E-state index in [2.05, 4.69) is 181 Å². The molecule has 2 heterocycles.